The van der Waals surface area contributed by atoms with Crippen LogP contribution < -0.4 is 15.4 Å². The van der Waals surface area contributed by atoms with Crippen LogP contribution in [0.5, 0.6) is 5.75 Å². The molecule has 1 fully saturated rings. The van der Waals surface area contributed by atoms with Gasteiger partial charge in [-0.15, -0.1) is 0 Å². The number of halogens is 3. The van der Waals surface area contributed by atoms with E-state index in [2.05, 4.69) is 27.7 Å². The number of ether oxygens (including phenoxy) is 1. The number of piperidine rings is 1. The Morgan fingerprint density at radius 2 is 2.00 bits per heavy atom. The molecule has 1 heterocycles. The molecule has 0 radical (unpaired) electrons. The highest BCUT2D eigenvalue weighted by molar-refractivity contribution is 5.88. The predicted molar refractivity (Wildman–Crippen MR) is 121 cm³/mol. The second kappa shape index (κ2) is 10.1. The van der Waals surface area contributed by atoms with Gasteiger partial charge in [-0.25, -0.2) is 0 Å². The van der Waals surface area contributed by atoms with Crippen LogP contribution in [-0.4, -0.2) is 48.7 Å². The van der Waals surface area contributed by atoms with Gasteiger partial charge in [0.05, 0.1) is 12.5 Å². The summed E-state index contributed by atoms with van der Waals surface area (Å²) in [6.07, 6.45) is -2.50. The summed E-state index contributed by atoms with van der Waals surface area (Å²) in [4.78, 5) is 13.8. The quantitative estimate of drug-likeness (QED) is 0.628. The van der Waals surface area contributed by atoms with E-state index >= 15 is 0 Å². The zero-order chi connectivity index (χ0) is 23.4. The standard InChI is InChI=1S/C25H30F3N3O2/c1-17(32)30-19-7-4-9-21(15-19)33-24-22-10-3-2-6-18(22)14-23(24)31-13-5-8-20(16-31)29-12-11-25(26,27)28/h2-4,6-7,9-10,15,20,23-24,29H,5,8,11-14,16H2,1H3,(H,30,32)/t20?,23-,24-/m0/s1. The number of hydrogen-bond acceptors (Lipinski definition) is 4. The van der Waals surface area contributed by atoms with E-state index in [0.29, 0.717) is 18.0 Å². The summed E-state index contributed by atoms with van der Waals surface area (Å²) in [5.74, 6) is 0.526. The van der Waals surface area contributed by atoms with Gasteiger partial charge >= 0.3 is 6.18 Å². The number of nitrogens with zero attached hydrogens (tertiary/aromatic N) is 1. The third-order valence-corrected chi connectivity index (χ3v) is 6.32. The summed E-state index contributed by atoms with van der Waals surface area (Å²) >= 11 is 0. The molecule has 0 aromatic heterocycles. The monoisotopic (exact) mass is 461 g/mol. The van der Waals surface area contributed by atoms with E-state index in [4.69, 9.17) is 4.74 Å². The van der Waals surface area contributed by atoms with Gasteiger partial charge in [-0.1, -0.05) is 30.3 Å². The van der Waals surface area contributed by atoms with Crippen molar-refractivity contribution in [3.63, 3.8) is 0 Å². The average molecular weight is 462 g/mol. The minimum Gasteiger partial charge on any atom is -0.484 e. The van der Waals surface area contributed by atoms with Crippen molar-refractivity contribution in [3.05, 3.63) is 59.7 Å². The number of alkyl halides is 3. The molecule has 0 saturated carbocycles. The molecule has 4 rings (SSSR count). The second-order valence-corrected chi connectivity index (χ2v) is 8.87. The first-order valence-corrected chi connectivity index (χ1v) is 11.4. The summed E-state index contributed by atoms with van der Waals surface area (Å²) in [7, 11) is 0. The Morgan fingerprint density at radius 1 is 1.18 bits per heavy atom. The van der Waals surface area contributed by atoms with E-state index in [1.807, 2.05) is 36.4 Å². The van der Waals surface area contributed by atoms with Gasteiger partial charge in [-0.2, -0.15) is 13.2 Å². The number of carbonyl (C=O) groups is 1. The van der Waals surface area contributed by atoms with Crippen molar-refractivity contribution in [1.82, 2.24) is 10.2 Å². The maximum absolute atomic E-state index is 12.6. The highest BCUT2D eigenvalue weighted by atomic mass is 19.4. The Morgan fingerprint density at radius 3 is 2.79 bits per heavy atom. The van der Waals surface area contributed by atoms with E-state index in [1.54, 1.807) is 0 Å². The van der Waals surface area contributed by atoms with Crippen molar-refractivity contribution < 1.29 is 22.7 Å². The number of benzene rings is 2. The Bertz CT molecular complexity index is 966. The van der Waals surface area contributed by atoms with Crippen LogP contribution in [0, 0.1) is 0 Å². The maximum Gasteiger partial charge on any atom is 0.390 e. The highest BCUT2D eigenvalue weighted by Gasteiger charge is 2.39. The summed E-state index contributed by atoms with van der Waals surface area (Å²) in [5.41, 5.74) is 3.05. The number of fused-ring (bicyclic) bond motifs is 1. The molecule has 1 aliphatic carbocycles. The van der Waals surface area contributed by atoms with Crippen LogP contribution in [-0.2, 0) is 11.2 Å². The maximum atomic E-state index is 12.6. The molecular weight excluding hydrogens is 431 g/mol. The van der Waals surface area contributed by atoms with Crippen molar-refractivity contribution in [2.45, 2.75) is 57.0 Å². The van der Waals surface area contributed by atoms with Gasteiger partial charge in [0.2, 0.25) is 5.91 Å². The van der Waals surface area contributed by atoms with E-state index in [-0.39, 0.29) is 30.6 Å². The van der Waals surface area contributed by atoms with Crippen LogP contribution >= 0.6 is 0 Å². The smallest absolute Gasteiger partial charge is 0.390 e. The molecule has 2 N–H and O–H groups in total. The first-order valence-electron chi connectivity index (χ1n) is 11.4. The molecule has 33 heavy (non-hydrogen) atoms. The molecule has 1 aliphatic heterocycles. The summed E-state index contributed by atoms with van der Waals surface area (Å²) in [6.45, 7) is 3.00. The lowest BCUT2D eigenvalue weighted by atomic mass is 10.0. The molecule has 5 nitrogen and oxygen atoms in total. The molecule has 2 aromatic rings. The minimum atomic E-state index is -4.14. The van der Waals surface area contributed by atoms with Gasteiger partial charge < -0.3 is 15.4 Å². The lowest BCUT2D eigenvalue weighted by molar-refractivity contribution is -0.133. The first kappa shape index (κ1) is 23.6. The number of hydrogen-bond donors (Lipinski definition) is 2. The van der Waals surface area contributed by atoms with Gasteiger partial charge in [0.15, 0.2) is 0 Å². The lowest BCUT2D eigenvalue weighted by Crippen LogP contribution is -2.51. The van der Waals surface area contributed by atoms with E-state index in [1.165, 1.54) is 12.5 Å². The van der Waals surface area contributed by atoms with Crippen LogP contribution in [0.1, 0.15) is 43.4 Å². The second-order valence-electron chi connectivity index (χ2n) is 8.87. The van der Waals surface area contributed by atoms with E-state index in [9.17, 15) is 18.0 Å². The number of anilines is 1. The molecule has 3 atom stereocenters. The van der Waals surface area contributed by atoms with Crippen LogP contribution in [0.2, 0.25) is 0 Å². The Labute approximate surface area is 192 Å². The number of rotatable bonds is 7. The molecule has 1 saturated heterocycles. The van der Waals surface area contributed by atoms with Crippen LogP contribution in [0.25, 0.3) is 0 Å². The molecule has 1 unspecified atom stereocenters. The Hall–Kier alpha value is -2.58. The fraction of sp³-hybridized carbons (Fsp3) is 0.480. The molecule has 178 valence electrons. The van der Waals surface area contributed by atoms with Crippen LogP contribution in [0.15, 0.2) is 48.5 Å². The third-order valence-electron chi connectivity index (χ3n) is 6.32. The summed E-state index contributed by atoms with van der Waals surface area (Å²) < 4.78 is 44.1. The van der Waals surface area contributed by atoms with Gasteiger partial charge in [-0.05, 0) is 49.1 Å². The predicted octanol–water partition coefficient (Wildman–Crippen LogP) is 4.70. The minimum absolute atomic E-state index is 0.0357. The van der Waals surface area contributed by atoms with Crippen molar-refractivity contribution in [2.75, 3.05) is 25.0 Å². The molecule has 8 heteroatoms. The van der Waals surface area contributed by atoms with Gasteiger partial charge in [-0.3, -0.25) is 9.69 Å². The molecule has 0 bridgehead atoms. The zero-order valence-corrected chi connectivity index (χ0v) is 18.7. The Kier molecular flexibility index (Phi) is 7.24. The first-order chi connectivity index (χ1) is 15.8. The SMILES string of the molecule is CC(=O)Nc1cccc(O[C@H]2c3ccccc3C[C@@H]2N2CCCC(NCCC(F)(F)F)C2)c1. The third kappa shape index (κ3) is 6.26. The molecular formula is C25H30F3N3O2. The zero-order valence-electron chi connectivity index (χ0n) is 18.7. The van der Waals surface area contributed by atoms with E-state index in [0.717, 1.165) is 31.4 Å². The number of amides is 1. The number of likely N-dealkylation sites (tertiary alicyclic amines) is 1. The lowest BCUT2D eigenvalue weighted by Gasteiger charge is -2.39. The number of nitrogens with one attached hydrogen (secondary N) is 2. The van der Waals surface area contributed by atoms with Gasteiger partial charge in [0.25, 0.3) is 0 Å². The van der Waals surface area contributed by atoms with Crippen molar-refractivity contribution >= 4 is 11.6 Å². The topological polar surface area (TPSA) is 53.6 Å². The van der Waals surface area contributed by atoms with Crippen LogP contribution in [0.3, 0.4) is 0 Å². The van der Waals surface area contributed by atoms with Gasteiger partial charge in [0, 0.05) is 37.8 Å². The van der Waals surface area contributed by atoms with Crippen molar-refractivity contribution in [3.8, 4) is 5.75 Å². The molecule has 2 aromatic carbocycles. The van der Waals surface area contributed by atoms with Gasteiger partial charge in [0.1, 0.15) is 11.9 Å². The number of carbonyl (C=O) groups excluding carboxylic acids is 1. The fourth-order valence-corrected chi connectivity index (χ4v) is 4.89. The average Bonchev–Trinajstić information content (AvgIpc) is 3.11. The van der Waals surface area contributed by atoms with Crippen molar-refractivity contribution in [2.24, 2.45) is 0 Å². The fourth-order valence-electron chi connectivity index (χ4n) is 4.89. The summed E-state index contributed by atoms with van der Waals surface area (Å²) in [6, 6.07) is 15.7. The van der Waals surface area contributed by atoms with Crippen molar-refractivity contribution in [1.29, 1.82) is 0 Å². The summed E-state index contributed by atoms with van der Waals surface area (Å²) in [5, 5.41) is 5.88. The molecule has 2 aliphatic rings. The normalized spacial score (nSPS) is 23.2. The highest BCUT2D eigenvalue weighted by Crippen LogP contribution is 2.39. The largest absolute Gasteiger partial charge is 0.484 e. The van der Waals surface area contributed by atoms with E-state index < -0.39 is 12.6 Å². The molecule has 1 amide bonds. The molecule has 0 spiro atoms. The Balaban J connectivity index is 1.48. The van der Waals surface area contributed by atoms with Crippen LogP contribution in [0.4, 0.5) is 18.9 Å².